The molecule has 2 aromatic carbocycles. The molecule has 2 saturated carbocycles. The quantitative estimate of drug-likeness (QED) is 0.225. The monoisotopic (exact) mass is 648 g/mol. The van der Waals surface area contributed by atoms with E-state index in [2.05, 4.69) is 58.5 Å². The fourth-order valence-corrected chi connectivity index (χ4v) is 7.55. The van der Waals surface area contributed by atoms with Gasteiger partial charge in [-0.3, -0.25) is 9.80 Å². The van der Waals surface area contributed by atoms with Crippen LogP contribution in [-0.4, -0.2) is 65.2 Å². The van der Waals surface area contributed by atoms with Crippen LogP contribution in [0.1, 0.15) is 91.0 Å². The lowest BCUT2D eigenvalue weighted by molar-refractivity contribution is 0.0164. The minimum atomic E-state index is -0.532. The van der Waals surface area contributed by atoms with Crippen LogP contribution in [0.25, 0.3) is 33.6 Å². The number of aromatic nitrogens is 4. The van der Waals surface area contributed by atoms with E-state index in [0.717, 1.165) is 71.0 Å². The average molecular weight is 649 g/mol. The first-order valence-corrected chi connectivity index (χ1v) is 17.1. The second-order valence-corrected chi connectivity index (χ2v) is 15.9. The summed E-state index contributed by atoms with van der Waals surface area (Å²) in [5.74, 6) is 2.69. The summed E-state index contributed by atoms with van der Waals surface area (Å²) in [5.41, 5.74) is 5.09. The van der Waals surface area contributed by atoms with Crippen molar-refractivity contribution in [1.82, 2.24) is 29.7 Å². The van der Waals surface area contributed by atoms with Crippen molar-refractivity contribution in [2.75, 3.05) is 0 Å². The Morgan fingerprint density at radius 3 is 1.31 bits per heavy atom. The molecule has 6 atom stereocenters. The van der Waals surface area contributed by atoms with Gasteiger partial charge < -0.3 is 19.4 Å². The number of hydrogen-bond acceptors (Lipinski definition) is 6. The molecule has 0 bridgehead atoms. The van der Waals surface area contributed by atoms with Gasteiger partial charge in [0, 0.05) is 12.1 Å². The molecule has 6 unspecified atom stereocenters. The maximum absolute atomic E-state index is 13.0. The van der Waals surface area contributed by atoms with E-state index in [1.807, 2.05) is 63.7 Å². The van der Waals surface area contributed by atoms with Gasteiger partial charge >= 0.3 is 12.2 Å². The van der Waals surface area contributed by atoms with E-state index in [1.165, 1.54) is 0 Å². The molecule has 48 heavy (non-hydrogen) atoms. The predicted octanol–water partition coefficient (Wildman–Crippen LogP) is 8.27. The molecule has 2 aliphatic carbocycles. The van der Waals surface area contributed by atoms with Crippen LogP contribution in [0.15, 0.2) is 60.9 Å². The highest BCUT2D eigenvalue weighted by Crippen LogP contribution is 2.54. The number of amides is 2. The largest absolute Gasteiger partial charge is 0.444 e. The van der Waals surface area contributed by atoms with Gasteiger partial charge in [0.2, 0.25) is 0 Å². The zero-order valence-corrected chi connectivity index (χ0v) is 28.5. The molecule has 2 amide bonds. The summed E-state index contributed by atoms with van der Waals surface area (Å²) >= 11 is 0. The molecule has 0 spiro atoms. The summed E-state index contributed by atoms with van der Waals surface area (Å²) in [6.07, 6.45) is 7.12. The molecule has 4 aliphatic rings. The van der Waals surface area contributed by atoms with Gasteiger partial charge in [0.25, 0.3) is 0 Å². The number of nitrogens with one attached hydrogen (secondary N) is 2. The fraction of sp³-hybridized carbons (Fsp3) is 0.474. The van der Waals surface area contributed by atoms with E-state index in [9.17, 15) is 9.59 Å². The van der Waals surface area contributed by atoms with Gasteiger partial charge in [0.05, 0.1) is 35.9 Å². The summed E-state index contributed by atoms with van der Waals surface area (Å²) in [6.45, 7) is 11.4. The first-order valence-electron chi connectivity index (χ1n) is 17.1. The third-order valence-electron chi connectivity index (χ3n) is 9.96. The minimum absolute atomic E-state index is 0.0891. The Kier molecular flexibility index (Phi) is 7.02. The van der Waals surface area contributed by atoms with Crippen molar-refractivity contribution < 1.29 is 19.1 Å². The standard InChI is InChI=1S/C38H44N6O4/c1-37(2,3)47-35(45)43-29-15-25(29)17-31(43)33-39-19-27(41-33)23-11-7-21(8-12-23)22-9-13-24(14-10-22)28-20-40-34(42-28)32-18-26-16-30(26)44(32)36(46)48-38(4,5)6/h7-14,19-20,25-26,29-32H,15-18H2,1-6H3,(H,39,41)(H,40,42). The highest BCUT2D eigenvalue weighted by Gasteiger charge is 2.57. The number of carbonyl (C=O) groups is 2. The highest BCUT2D eigenvalue weighted by atomic mass is 16.6. The number of rotatable bonds is 5. The molecular weight excluding hydrogens is 604 g/mol. The van der Waals surface area contributed by atoms with E-state index >= 15 is 0 Å². The average Bonchev–Trinajstić information content (AvgIpc) is 3.62. The van der Waals surface area contributed by atoms with Crippen LogP contribution in [0.3, 0.4) is 0 Å². The zero-order chi connectivity index (χ0) is 33.5. The third kappa shape index (κ3) is 5.86. The number of fused-ring (bicyclic) bond motifs is 2. The van der Waals surface area contributed by atoms with Gasteiger partial charge in [-0.25, -0.2) is 19.6 Å². The summed E-state index contributed by atoms with van der Waals surface area (Å²) in [7, 11) is 0. The summed E-state index contributed by atoms with van der Waals surface area (Å²) in [4.78, 5) is 46.2. The molecule has 4 fully saturated rings. The lowest BCUT2D eigenvalue weighted by Crippen LogP contribution is -2.38. The molecule has 2 aromatic heterocycles. The molecule has 2 aliphatic heterocycles. The molecule has 8 rings (SSSR count). The molecule has 10 nitrogen and oxygen atoms in total. The number of ether oxygens (including phenoxy) is 2. The van der Waals surface area contributed by atoms with Gasteiger partial charge in [-0.05, 0) is 101 Å². The molecule has 10 heteroatoms. The zero-order valence-electron chi connectivity index (χ0n) is 28.5. The van der Waals surface area contributed by atoms with Gasteiger partial charge in [-0.1, -0.05) is 48.5 Å². The molecule has 0 radical (unpaired) electrons. The molecule has 250 valence electrons. The maximum Gasteiger partial charge on any atom is 0.411 e. The summed E-state index contributed by atoms with van der Waals surface area (Å²) in [6, 6.07) is 17.2. The van der Waals surface area contributed by atoms with E-state index < -0.39 is 11.2 Å². The Balaban J connectivity index is 0.935. The number of hydrogen-bond donors (Lipinski definition) is 2. The number of benzene rings is 2. The second-order valence-electron chi connectivity index (χ2n) is 15.9. The lowest BCUT2D eigenvalue weighted by Gasteiger charge is -2.29. The van der Waals surface area contributed by atoms with Crippen LogP contribution in [-0.2, 0) is 9.47 Å². The lowest BCUT2D eigenvalue weighted by atomic mass is 10.0. The Labute approximate surface area is 281 Å². The van der Waals surface area contributed by atoms with Crippen molar-refractivity contribution in [2.45, 2.75) is 103 Å². The van der Waals surface area contributed by atoms with E-state index in [-0.39, 0.29) is 36.4 Å². The SMILES string of the molecule is CC(C)(C)OC(=O)N1C(c2ncc(-c3ccc(-c4ccc(-c5cnc(C6CC7CC7N6C(=O)OC(C)(C)C)[nH]5)cc4)cc3)[nH]2)CC2CC21. The Morgan fingerprint density at radius 2 is 0.958 bits per heavy atom. The summed E-state index contributed by atoms with van der Waals surface area (Å²) < 4.78 is 11.4. The van der Waals surface area contributed by atoms with Gasteiger partial charge in [0.1, 0.15) is 22.9 Å². The molecule has 2 saturated heterocycles. The van der Waals surface area contributed by atoms with Gasteiger partial charge in [-0.2, -0.15) is 0 Å². The summed E-state index contributed by atoms with van der Waals surface area (Å²) in [5, 5.41) is 0. The van der Waals surface area contributed by atoms with E-state index in [1.54, 1.807) is 0 Å². The molecule has 4 aromatic rings. The Morgan fingerprint density at radius 1 is 0.604 bits per heavy atom. The van der Waals surface area contributed by atoms with Crippen LogP contribution in [0.4, 0.5) is 9.59 Å². The number of aromatic amines is 2. The van der Waals surface area contributed by atoms with Crippen molar-refractivity contribution in [3.05, 3.63) is 72.6 Å². The smallest absolute Gasteiger partial charge is 0.411 e. The number of H-pyrrole nitrogens is 2. The van der Waals surface area contributed by atoms with Gasteiger partial charge in [0.15, 0.2) is 0 Å². The molecular formula is C38H44N6O4. The van der Waals surface area contributed by atoms with Crippen molar-refractivity contribution in [2.24, 2.45) is 11.8 Å². The van der Waals surface area contributed by atoms with Crippen molar-refractivity contribution in [3.8, 4) is 33.6 Å². The van der Waals surface area contributed by atoms with Crippen molar-refractivity contribution in [1.29, 1.82) is 0 Å². The van der Waals surface area contributed by atoms with Crippen LogP contribution in [0, 0.1) is 11.8 Å². The Bertz CT molecular complexity index is 1710. The van der Waals surface area contributed by atoms with E-state index in [4.69, 9.17) is 19.4 Å². The molecule has 4 heterocycles. The number of nitrogens with zero attached hydrogens (tertiary/aromatic N) is 4. The minimum Gasteiger partial charge on any atom is -0.444 e. The topological polar surface area (TPSA) is 116 Å². The highest BCUT2D eigenvalue weighted by molar-refractivity contribution is 5.73. The predicted molar refractivity (Wildman–Crippen MR) is 182 cm³/mol. The Hall–Kier alpha value is -4.60. The van der Waals surface area contributed by atoms with E-state index in [0.29, 0.717) is 11.8 Å². The number of carbonyl (C=O) groups excluding carboxylic acids is 2. The van der Waals surface area contributed by atoms with Crippen LogP contribution < -0.4 is 0 Å². The van der Waals surface area contributed by atoms with Crippen molar-refractivity contribution in [3.63, 3.8) is 0 Å². The number of imidazole rings is 2. The van der Waals surface area contributed by atoms with Crippen LogP contribution in [0.5, 0.6) is 0 Å². The maximum atomic E-state index is 13.0. The normalized spacial score (nSPS) is 25.9. The third-order valence-corrected chi connectivity index (χ3v) is 9.96. The molecule has 2 N–H and O–H groups in total. The van der Waals surface area contributed by atoms with Crippen molar-refractivity contribution >= 4 is 12.2 Å². The second kappa shape index (κ2) is 11.0. The first kappa shape index (κ1) is 30.7. The number of likely N-dealkylation sites (tertiary alicyclic amines) is 2. The van der Waals surface area contributed by atoms with Crippen LogP contribution in [0.2, 0.25) is 0 Å². The fourth-order valence-electron chi connectivity index (χ4n) is 7.55. The first-order chi connectivity index (χ1) is 22.8. The van der Waals surface area contributed by atoms with Gasteiger partial charge in [-0.15, -0.1) is 0 Å². The van der Waals surface area contributed by atoms with Crippen LogP contribution >= 0.6 is 0 Å². The number of piperidine rings is 2.